The summed E-state index contributed by atoms with van der Waals surface area (Å²) in [5.41, 5.74) is 0.614. The molecule has 2 aliphatic heterocycles. The van der Waals surface area contributed by atoms with Gasteiger partial charge < -0.3 is 4.74 Å². The van der Waals surface area contributed by atoms with Gasteiger partial charge in [0.1, 0.15) is 0 Å². The van der Waals surface area contributed by atoms with Gasteiger partial charge >= 0.3 is 0 Å². The summed E-state index contributed by atoms with van der Waals surface area (Å²) in [6.07, 6.45) is 5.04. The van der Waals surface area contributed by atoms with Gasteiger partial charge in [0.2, 0.25) is 0 Å². The average molecular weight is 289 g/mol. The lowest BCUT2D eigenvalue weighted by Gasteiger charge is -2.63. The molecule has 0 radical (unpaired) electrons. The van der Waals surface area contributed by atoms with Gasteiger partial charge in [0, 0.05) is 37.3 Å². The lowest BCUT2D eigenvalue weighted by Crippen LogP contribution is -2.70. The summed E-state index contributed by atoms with van der Waals surface area (Å²) in [5.74, 6) is 0. The first-order valence-corrected chi connectivity index (χ1v) is 8.83. The molecule has 3 rings (SSSR count). The van der Waals surface area contributed by atoms with E-state index in [2.05, 4.69) is 11.8 Å². The zero-order chi connectivity index (χ0) is 13.7. The zero-order valence-corrected chi connectivity index (χ0v) is 12.5. The number of ether oxygens (including phenoxy) is 1. The molecule has 1 aliphatic carbocycles. The SMILES string of the molecule is CC1(N2CC3(CC(OS(C)(=O)=O)C3)C2)CCOCC1. The molecule has 0 unspecified atom stereocenters. The second-order valence-corrected chi connectivity index (χ2v) is 8.40. The summed E-state index contributed by atoms with van der Waals surface area (Å²) in [7, 11) is -3.29. The minimum absolute atomic E-state index is 0.0837. The molecular formula is C13H23NO4S. The van der Waals surface area contributed by atoms with E-state index in [1.54, 1.807) is 0 Å². The van der Waals surface area contributed by atoms with E-state index in [1.165, 1.54) is 0 Å². The van der Waals surface area contributed by atoms with E-state index >= 15 is 0 Å². The Bertz CT molecular complexity index is 441. The Balaban J connectivity index is 1.49. The smallest absolute Gasteiger partial charge is 0.264 e. The summed E-state index contributed by atoms with van der Waals surface area (Å²) in [5, 5.41) is 0. The van der Waals surface area contributed by atoms with Crippen molar-refractivity contribution in [2.75, 3.05) is 32.6 Å². The molecule has 1 saturated carbocycles. The van der Waals surface area contributed by atoms with Crippen LogP contribution >= 0.6 is 0 Å². The van der Waals surface area contributed by atoms with Crippen molar-refractivity contribution in [1.29, 1.82) is 0 Å². The van der Waals surface area contributed by atoms with Crippen molar-refractivity contribution in [2.45, 2.75) is 44.2 Å². The van der Waals surface area contributed by atoms with Crippen LogP contribution in [0.25, 0.3) is 0 Å². The zero-order valence-electron chi connectivity index (χ0n) is 11.7. The molecular weight excluding hydrogens is 266 g/mol. The van der Waals surface area contributed by atoms with Gasteiger partial charge in [0.25, 0.3) is 10.1 Å². The van der Waals surface area contributed by atoms with E-state index in [4.69, 9.17) is 8.92 Å². The Labute approximate surface area is 115 Å². The van der Waals surface area contributed by atoms with Crippen LogP contribution in [0.15, 0.2) is 0 Å². The Morgan fingerprint density at radius 2 is 1.79 bits per heavy atom. The largest absolute Gasteiger partial charge is 0.381 e. The topological polar surface area (TPSA) is 55.8 Å². The monoisotopic (exact) mass is 289 g/mol. The summed E-state index contributed by atoms with van der Waals surface area (Å²) < 4.78 is 32.6. The van der Waals surface area contributed by atoms with Gasteiger partial charge in [-0.05, 0) is 32.6 Å². The van der Waals surface area contributed by atoms with Gasteiger partial charge in [-0.1, -0.05) is 0 Å². The lowest BCUT2D eigenvalue weighted by atomic mass is 9.60. The quantitative estimate of drug-likeness (QED) is 0.725. The molecule has 5 nitrogen and oxygen atoms in total. The molecule has 19 heavy (non-hydrogen) atoms. The molecule has 2 heterocycles. The van der Waals surface area contributed by atoms with Crippen molar-refractivity contribution >= 4 is 10.1 Å². The third-order valence-corrected chi connectivity index (χ3v) is 5.64. The minimum atomic E-state index is -3.29. The van der Waals surface area contributed by atoms with E-state index in [9.17, 15) is 8.42 Å². The normalized spacial score (nSPS) is 30.8. The van der Waals surface area contributed by atoms with Crippen LogP contribution in [0.3, 0.4) is 0 Å². The average Bonchev–Trinajstić information content (AvgIpc) is 2.18. The molecule has 3 fully saturated rings. The molecule has 0 aromatic carbocycles. The molecule has 1 spiro atoms. The standard InChI is InChI=1S/C13H23NO4S/c1-12(3-5-17-6-4-12)14-9-13(10-14)7-11(8-13)18-19(2,15)16/h11H,3-10H2,1-2H3. The van der Waals surface area contributed by atoms with Gasteiger partial charge in [0.15, 0.2) is 0 Å². The fourth-order valence-electron chi connectivity index (χ4n) is 3.75. The molecule has 0 bridgehead atoms. The van der Waals surface area contributed by atoms with Crippen molar-refractivity contribution in [3.63, 3.8) is 0 Å². The first-order chi connectivity index (χ1) is 8.80. The van der Waals surface area contributed by atoms with Crippen LogP contribution in [0.5, 0.6) is 0 Å². The number of hydrogen-bond acceptors (Lipinski definition) is 5. The first kappa shape index (κ1) is 13.8. The highest BCUT2D eigenvalue weighted by molar-refractivity contribution is 7.86. The van der Waals surface area contributed by atoms with Crippen molar-refractivity contribution in [2.24, 2.45) is 5.41 Å². The van der Waals surface area contributed by atoms with Gasteiger partial charge in [0.05, 0.1) is 12.4 Å². The van der Waals surface area contributed by atoms with Crippen LogP contribution in [0, 0.1) is 5.41 Å². The fourth-order valence-corrected chi connectivity index (χ4v) is 4.38. The van der Waals surface area contributed by atoms with Crippen molar-refractivity contribution < 1.29 is 17.3 Å². The van der Waals surface area contributed by atoms with E-state index in [0.717, 1.165) is 58.2 Å². The second kappa shape index (κ2) is 4.41. The predicted octanol–water partition coefficient (Wildman–Crippen LogP) is 0.996. The maximum Gasteiger partial charge on any atom is 0.264 e. The van der Waals surface area contributed by atoms with Gasteiger partial charge in [-0.3, -0.25) is 9.08 Å². The van der Waals surface area contributed by atoms with E-state index in [-0.39, 0.29) is 11.6 Å². The number of hydrogen-bond donors (Lipinski definition) is 0. The number of likely N-dealkylation sites (tertiary alicyclic amines) is 1. The second-order valence-electron chi connectivity index (χ2n) is 6.80. The van der Waals surface area contributed by atoms with Crippen LogP contribution in [0.4, 0.5) is 0 Å². The van der Waals surface area contributed by atoms with Crippen LogP contribution in [-0.4, -0.2) is 57.5 Å². The molecule has 0 amide bonds. The van der Waals surface area contributed by atoms with Gasteiger partial charge in [-0.2, -0.15) is 8.42 Å². The molecule has 2 saturated heterocycles. The summed E-state index contributed by atoms with van der Waals surface area (Å²) in [4.78, 5) is 2.55. The third-order valence-electron chi connectivity index (χ3n) is 5.02. The highest BCUT2D eigenvalue weighted by Gasteiger charge is 2.57. The third kappa shape index (κ3) is 2.68. The Morgan fingerprint density at radius 3 is 2.32 bits per heavy atom. The molecule has 0 atom stereocenters. The number of nitrogens with zero attached hydrogens (tertiary/aromatic N) is 1. The predicted molar refractivity (Wildman–Crippen MR) is 71.4 cm³/mol. The molecule has 0 aromatic rings. The first-order valence-electron chi connectivity index (χ1n) is 7.02. The molecule has 6 heteroatoms. The van der Waals surface area contributed by atoms with Crippen LogP contribution in [0.2, 0.25) is 0 Å². The maximum absolute atomic E-state index is 11.1. The van der Waals surface area contributed by atoms with E-state index in [0.29, 0.717) is 5.41 Å². The Morgan fingerprint density at radius 1 is 1.21 bits per heavy atom. The fraction of sp³-hybridized carbons (Fsp3) is 1.00. The number of rotatable bonds is 3. The lowest BCUT2D eigenvalue weighted by molar-refractivity contribution is -0.169. The van der Waals surface area contributed by atoms with Crippen molar-refractivity contribution in [3.05, 3.63) is 0 Å². The Hall–Kier alpha value is -0.170. The summed E-state index contributed by atoms with van der Waals surface area (Å²) >= 11 is 0. The van der Waals surface area contributed by atoms with E-state index in [1.807, 2.05) is 0 Å². The van der Waals surface area contributed by atoms with Crippen molar-refractivity contribution in [1.82, 2.24) is 4.90 Å². The molecule has 0 aromatic heterocycles. The molecule has 3 aliphatic rings. The van der Waals surface area contributed by atoms with Gasteiger partial charge in [-0.25, -0.2) is 0 Å². The summed E-state index contributed by atoms with van der Waals surface area (Å²) in [6.45, 7) is 6.23. The Kier molecular flexibility index (Phi) is 3.20. The minimum Gasteiger partial charge on any atom is -0.381 e. The highest BCUT2D eigenvalue weighted by atomic mass is 32.2. The van der Waals surface area contributed by atoms with Crippen LogP contribution in [0.1, 0.15) is 32.6 Å². The van der Waals surface area contributed by atoms with Crippen LogP contribution < -0.4 is 0 Å². The van der Waals surface area contributed by atoms with Crippen molar-refractivity contribution in [3.8, 4) is 0 Å². The molecule has 0 N–H and O–H groups in total. The summed E-state index contributed by atoms with van der Waals surface area (Å²) in [6, 6.07) is 0. The van der Waals surface area contributed by atoms with Gasteiger partial charge in [-0.15, -0.1) is 0 Å². The molecule has 110 valence electrons. The highest BCUT2D eigenvalue weighted by Crippen LogP contribution is 2.52. The van der Waals surface area contributed by atoms with E-state index < -0.39 is 10.1 Å². The maximum atomic E-state index is 11.1. The van der Waals surface area contributed by atoms with Crippen LogP contribution in [-0.2, 0) is 19.0 Å².